The van der Waals surface area contributed by atoms with Gasteiger partial charge in [-0.05, 0) is 66.9 Å². The number of anilines is 1. The SMILES string of the molecule is COc1ccc(CN(C(=O)CN(c2ccc(Cl)cc2)S(=O)(=O)c2ccccc2)[C@H](C)C(=O)NCC(C)C)cc1. The number of nitrogens with one attached hydrogen (secondary N) is 1. The zero-order valence-electron chi connectivity index (χ0n) is 22.5. The van der Waals surface area contributed by atoms with Crippen LogP contribution in [-0.4, -0.2) is 51.4 Å². The van der Waals surface area contributed by atoms with Crippen LogP contribution in [0.2, 0.25) is 5.02 Å². The molecule has 3 aromatic rings. The zero-order chi connectivity index (χ0) is 28.6. The maximum absolute atomic E-state index is 13.9. The second-order valence-electron chi connectivity index (χ2n) is 9.49. The van der Waals surface area contributed by atoms with Crippen molar-refractivity contribution in [3.63, 3.8) is 0 Å². The molecular formula is C29H34ClN3O5S. The maximum Gasteiger partial charge on any atom is 0.264 e. The Morgan fingerprint density at radius 2 is 1.54 bits per heavy atom. The van der Waals surface area contributed by atoms with Crippen LogP contribution in [0.3, 0.4) is 0 Å². The van der Waals surface area contributed by atoms with E-state index in [-0.39, 0.29) is 29.0 Å². The van der Waals surface area contributed by atoms with Crippen molar-refractivity contribution in [1.29, 1.82) is 0 Å². The summed E-state index contributed by atoms with van der Waals surface area (Å²) in [4.78, 5) is 28.3. The first-order valence-corrected chi connectivity index (χ1v) is 14.4. The quantitative estimate of drug-likeness (QED) is 0.339. The predicted octanol–water partition coefficient (Wildman–Crippen LogP) is 4.73. The summed E-state index contributed by atoms with van der Waals surface area (Å²) in [7, 11) is -2.56. The number of ether oxygens (including phenoxy) is 1. The number of hydrogen-bond donors (Lipinski definition) is 1. The molecule has 1 N–H and O–H groups in total. The topological polar surface area (TPSA) is 96.0 Å². The third kappa shape index (κ3) is 7.97. The molecule has 10 heteroatoms. The van der Waals surface area contributed by atoms with Gasteiger partial charge < -0.3 is 15.0 Å². The molecule has 0 aromatic heterocycles. The van der Waals surface area contributed by atoms with Crippen molar-refractivity contribution in [3.8, 4) is 5.75 Å². The third-order valence-corrected chi connectivity index (χ3v) is 8.13. The van der Waals surface area contributed by atoms with Gasteiger partial charge in [0.05, 0.1) is 17.7 Å². The number of methoxy groups -OCH3 is 1. The van der Waals surface area contributed by atoms with Crippen molar-refractivity contribution >= 4 is 39.1 Å². The molecule has 8 nitrogen and oxygen atoms in total. The highest BCUT2D eigenvalue weighted by atomic mass is 35.5. The van der Waals surface area contributed by atoms with E-state index in [0.717, 1.165) is 9.87 Å². The van der Waals surface area contributed by atoms with E-state index < -0.39 is 28.5 Å². The summed E-state index contributed by atoms with van der Waals surface area (Å²) in [5.41, 5.74) is 1.04. The van der Waals surface area contributed by atoms with Gasteiger partial charge in [-0.2, -0.15) is 0 Å². The lowest BCUT2D eigenvalue weighted by Gasteiger charge is -2.32. The van der Waals surface area contributed by atoms with Crippen LogP contribution in [0, 0.1) is 5.92 Å². The Balaban J connectivity index is 1.98. The number of rotatable bonds is 12. The van der Waals surface area contributed by atoms with Crippen molar-refractivity contribution in [3.05, 3.63) is 89.4 Å². The molecule has 0 saturated carbocycles. The molecule has 0 aliphatic heterocycles. The summed E-state index contributed by atoms with van der Waals surface area (Å²) in [5, 5.41) is 3.30. The molecule has 2 amide bonds. The monoisotopic (exact) mass is 571 g/mol. The highest BCUT2D eigenvalue weighted by Gasteiger charge is 2.32. The van der Waals surface area contributed by atoms with Gasteiger partial charge >= 0.3 is 0 Å². The first-order chi connectivity index (χ1) is 18.5. The molecule has 0 saturated heterocycles. The number of carbonyl (C=O) groups excluding carboxylic acids is 2. The fourth-order valence-corrected chi connectivity index (χ4v) is 5.38. The molecule has 0 spiro atoms. The highest BCUT2D eigenvalue weighted by molar-refractivity contribution is 7.92. The van der Waals surface area contributed by atoms with Crippen molar-refractivity contribution in [1.82, 2.24) is 10.2 Å². The molecule has 3 rings (SSSR count). The summed E-state index contributed by atoms with van der Waals surface area (Å²) in [5.74, 6) is 0.0208. The van der Waals surface area contributed by atoms with Crippen LogP contribution in [-0.2, 0) is 26.2 Å². The Labute approximate surface area is 235 Å². The normalized spacial score (nSPS) is 12.1. The van der Waals surface area contributed by atoms with Crippen LogP contribution in [0.1, 0.15) is 26.3 Å². The molecule has 0 bridgehead atoms. The largest absolute Gasteiger partial charge is 0.497 e. The van der Waals surface area contributed by atoms with E-state index >= 15 is 0 Å². The van der Waals surface area contributed by atoms with E-state index in [1.807, 2.05) is 13.8 Å². The van der Waals surface area contributed by atoms with E-state index in [1.54, 1.807) is 80.8 Å². The molecule has 0 heterocycles. The van der Waals surface area contributed by atoms with Gasteiger partial charge in [-0.15, -0.1) is 0 Å². The summed E-state index contributed by atoms with van der Waals surface area (Å²) in [6.07, 6.45) is 0. The van der Waals surface area contributed by atoms with Crippen molar-refractivity contribution in [2.45, 2.75) is 38.3 Å². The molecule has 0 radical (unpaired) electrons. The molecule has 1 atom stereocenters. The Morgan fingerprint density at radius 1 is 0.923 bits per heavy atom. The van der Waals surface area contributed by atoms with E-state index in [0.29, 0.717) is 17.3 Å². The summed E-state index contributed by atoms with van der Waals surface area (Å²) < 4.78 is 33.7. The number of amides is 2. The minimum absolute atomic E-state index is 0.0391. The van der Waals surface area contributed by atoms with Crippen LogP contribution in [0.15, 0.2) is 83.8 Å². The maximum atomic E-state index is 13.9. The van der Waals surface area contributed by atoms with Crippen molar-refractivity contribution < 1.29 is 22.7 Å². The van der Waals surface area contributed by atoms with Gasteiger partial charge in [0.25, 0.3) is 10.0 Å². The Hall–Kier alpha value is -3.56. The van der Waals surface area contributed by atoms with Crippen molar-refractivity contribution in [2.75, 3.05) is 24.5 Å². The Morgan fingerprint density at radius 3 is 2.10 bits per heavy atom. The molecule has 0 aliphatic rings. The van der Waals surface area contributed by atoms with Crippen LogP contribution in [0.25, 0.3) is 0 Å². The minimum Gasteiger partial charge on any atom is -0.497 e. The second-order valence-corrected chi connectivity index (χ2v) is 11.8. The van der Waals surface area contributed by atoms with Gasteiger partial charge in [-0.25, -0.2) is 8.42 Å². The van der Waals surface area contributed by atoms with Gasteiger partial charge in [0, 0.05) is 18.1 Å². The smallest absolute Gasteiger partial charge is 0.264 e. The average Bonchev–Trinajstić information content (AvgIpc) is 2.94. The molecule has 208 valence electrons. The fraction of sp³-hybridized carbons (Fsp3) is 0.310. The number of hydrogen-bond acceptors (Lipinski definition) is 5. The Kier molecular flexibility index (Phi) is 10.4. The Bertz CT molecular complexity index is 1350. The van der Waals surface area contributed by atoms with Crippen LogP contribution in [0.4, 0.5) is 5.69 Å². The van der Waals surface area contributed by atoms with Gasteiger partial charge in [0.1, 0.15) is 18.3 Å². The lowest BCUT2D eigenvalue weighted by Crippen LogP contribution is -2.51. The number of nitrogens with zero attached hydrogens (tertiary/aromatic N) is 2. The number of carbonyl (C=O) groups is 2. The number of halogens is 1. The van der Waals surface area contributed by atoms with E-state index in [9.17, 15) is 18.0 Å². The summed E-state index contributed by atoms with van der Waals surface area (Å²) >= 11 is 6.05. The molecule has 3 aromatic carbocycles. The van der Waals surface area contributed by atoms with Crippen molar-refractivity contribution in [2.24, 2.45) is 5.92 Å². The van der Waals surface area contributed by atoms with Gasteiger partial charge in [0.2, 0.25) is 11.8 Å². The van der Waals surface area contributed by atoms with E-state index in [2.05, 4.69) is 5.32 Å². The van der Waals surface area contributed by atoms with Gasteiger partial charge in [-0.3, -0.25) is 13.9 Å². The van der Waals surface area contributed by atoms with Crippen LogP contribution < -0.4 is 14.4 Å². The van der Waals surface area contributed by atoms with Crippen LogP contribution >= 0.6 is 11.6 Å². The lowest BCUT2D eigenvalue weighted by atomic mass is 10.1. The molecule has 0 fully saturated rings. The first kappa shape index (κ1) is 30.0. The second kappa shape index (κ2) is 13.5. The number of sulfonamides is 1. The molecule has 39 heavy (non-hydrogen) atoms. The lowest BCUT2D eigenvalue weighted by molar-refractivity contribution is -0.139. The summed E-state index contributed by atoms with van der Waals surface area (Å²) in [6.45, 7) is 5.62. The fourth-order valence-electron chi connectivity index (χ4n) is 3.82. The average molecular weight is 572 g/mol. The molecule has 0 unspecified atom stereocenters. The summed E-state index contributed by atoms with van der Waals surface area (Å²) in [6, 6.07) is 20.4. The zero-order valence-corrected chi connectivity index (χ0v) is 24.1. The first-order valence-electron chi connectivity index (χ1n) is 12.6. The molecular weight excluding hydrogens is 538 g/mol. The third-order valence-electron chi connectivity index (χ3n) is 6.09. The van der Waals surface area contributed by atoms with Gasteiger partial charge in [-0.1, -0.05) is 55.8 Å². The van der Waals surface area contributed by atoms with E-state index in [1.165, 1.54) is 17.0 Å². The van der Waals surface area contributed by atoms with Gasteiger partial charge in [0.15, 0.2) is 0 Å². The van der Waals surface area contributed by atoms with Crippen LogP contribution in [0.5, 0.6) is 5.75 Å². The predicted molar refractivity (Wildman–Crippen MR) is 153 cm³/mol. The molecule has 0 aliphatic carbocycles. The highest BCUT2D eigenvalue weighted by Crippen LogP contribution is 2.26. The standard InChI is InChI=1S/C29H34ClN3O5S/c1-21(2)18-31-29(35)22(3)32(19-23-10-16-26(38-4)17-11-23)28(34)20-33(25-14-12-24(30)13-15-25)39(36,37)27-8-6-5-7-9-27/h5-17,21-22H,18-20H2,1-4H3,(H,31,35)/t22-/m1/s1. The van der Waals surface area contributed by atoms with E-state index in [4.69, 9.17) is 16.3 Å². The minimum atomic E-state index is -4.12. The number of benzene rings is 3.